The minimum absolute atomic E-state index is 0.0286. The monoisotopic (exact) mass is 524 g/mol. The van der Waals surface area contributed by atoms with Crippen LogP contribution in [-0.4, -0.2) is 69.6 Å². The van der Waals surface area contributed by atoms with Gasteiger partial charge in [0.25, 0.3) is 5.91 Å². The molecule has 0 saturated carbocycles. The van der Waals surface area contributed by atoms with Crippen LogP contribution in [0.5, 0.6) is 0 Å². The van der Waals surface area contributed by atoms with Crippen molar-refractivity contribution >= 4 is 44.3 Å². The lowest BCUT2D eigenvalue weighted by Gasteiger charge is -2.32. The van der Waals surface area contributed by atoms with Crippen molar-refractivity contribution in [3.05, 3.63) is 52.4 Å². The number of hydrogen-bond acceptors (Lipinski definition) is 5. The van der Waals surface area contributed by atoms with E-state index >= 15 is 0 Å². The molecule has 1 N–H and O–H groups in total. The van der Waals surface area contributed by atoms with E-state index in [1.165, 1.54) is 10.7 Å². The van der Waals surface area contributed by atoms with Gasteiger partial charge in [0.15, 0.2) is 0 Å². The quantitative estimate of drug-likeness (QED) is 0.566. The smallest absolute Gasteiger partial charge is 0.339 e. The number of likely N-dealkylation sites (N-methyl/N-ethyl adjacent to an activating group) is 1. The van der Waals surface area contributed by atoms with E-state index in [9.17, 15) is 22.8 Å². The molecule has 1 fully saturated rings. The van der Waals surface area contributed by atoms with Gasteiger partial charge in [0.1, 0.15) is 17.9 Å². The highest BCUT2D eigenvalue weighted by Gasteiger charge is 2.33. The molecule has 0 aliphatic carbocycles. The number of carbonyl (C=O) groups is 2. The summed E-state index contributed by atoms with van der Waals surface area (Å²) >= 11 is 3.35. The number of nitrogens with one attached hydrogen (secondary N) is 1. The first-order valence-electron chi connectivity index (χ1n) is 10.1. The highest BCUT2D eigenvalue weighted by Crippen LogP contribution is 2.30. The number of carbonyl (C=O) groups excluding carboxylic acids is 2. The Hall–Kier alpha value is -2.99. The second kappa shape index (κ2) is 9.10. The van der Waals surface area contributed by atoms with Crippen molar-refractivity contribution in [1.29, 1.82) is 0 Å². The fourth-order valence-electron chi connectivity index (χ4n) is 3.47. The van der Waals surface area contributed by atoms with Crippen LogP contribution < -0.4 is 5.32 Å². The number of aromatic nitrogens is 3. The Labute approximate surface area is 195 Å². The maximum absolute atomic E-state index is 12.9. The Morgan fingerprint density at radius 3 is 2.58 bits per heavy atom. The lowest BCUT2D eigenvalue weighted by Crippen LogP contribution is -2.48. The van der Waals surface area contributed by atoms with Gasteiger partial charge in [-0.05, 0) is 47.2 Å². The first-order chi connectivity index (χ1) is 15.6. The van der Waals surface area contributed by atoms with Crippen molar-refractivity contribution in [2.24, 2.45) is 0 Å². The zero-order chi connectivity index (χ0) is 23.8. The summed E-state index contributed by atoms with van der Waals surface area (Å²) in [4.78, 5) is 32.4. The molecule has 0 spiro atoms. The second-order valence-corrected chi connectivity index (χ2v) is 8.62. The molecule has 8 nitrogen and oxygen atoms in total. The molecule has 0 unspecified atom stereocenters. The minimum atomic E-state index is -4.65. The van der Waals surface area contributed by atoms with Gasteiger partial charge in [-0.1, -0.05) is 6.07 Å². The first-order valence-corrected chi connectivity index (χ1v) is 10.9. The molecule has 12 heteroatoms. The summed E-state index contributed by atoms with van der Waals surface area (Å²) in [5.74, 6) is -0.807. The molecule has 0 radical (unpaired) electrons. The van der Waals surface area contributed by atoms with Crippen molar-refractivity contribution in [1.82, 2.24) is 24.6 Å². The van der Waals surface area contributed by atoms with Gasteiger partial charge >= 0.3 is 6.18 Å². The van der Waals surface area contributed by atoms with Gasteiger partial charge in [0, 0.05) is 42.2 Å². The molecular weight excluding hydrogens is 505 g/mol. The van der Waals surface area contributed by atoms with Gasteiger partial charge in [0.2, 0.25) is 5.91 Å². The molecule has 0 atom stereocenters. The number of nitrogens with zero attached hydrogens (tertiary/aromatic N) is 5. The highest BCUT2D eigenvalue weighted by atomic mass is 79.9. The number of alkyl halides is 3. The molecule has 1 aliphatic heterocycles. The third-order valence-electron chi connectivity index (χ3n) is 5.31. The van der Waals surface area contributed by atoms with Gasteiger partial charge in [-0.2, -0.15) is 18.3 Å². The number of benzene rings is 1. The molecule has 3 aromatic rings. The van der Waals surface area contributed by atoms with E-state index in [1.807, 2.05) is 7.05 Å². The van der Waals surface area contributed by atoms with Crippen molar-refractivity contribution < 1.29 is 22.8 Å². The summed E-state index contributed by atoms with van der Waals surface area (Å²) in [5, 5.41) is 7.65. The van der Waals surface area contributed by atoms with Crippen LogP contribution in [0, 0.1) is 0 Å². The maximum Gasteiger partial charge on any atom is 0.433 e. The zero-order valence-electron chi connectivity index (χ0n) is 17.6. The van der Waals surface area contributed by atoms with Crippen molar-refractivity contribution in [2.75, 3.05) is 38.5 Å². The predicted molar refractivity (Wildman–Crippen MR) is 119 cm³/mol. The summed E-state index contributed by atoms with van der Waals surface area (Å²) in [5.41, 5.74) is -0.554. The molecule has 4 rings (SSSR count). The van der Waals surface area contributed by atoms with Gasteiger partial charge in [-0.3, -0.25) is 14.3 Å². The number of halogens is 4. The zero-order valence-corrected chi connectivity index (χ0v) is 19.2. The summed E-state index contributed by atoms with van der Waals surface area (Å²) in [6.07, 6.45) is -2.96. The number of fused-ring (bicyclic) bond motifs is 1. The van der Waals surface area contributed by atoms with E-state index in [2.05, 4.69) is 36.2 Å². The summed E-state index contributed by atoms with van der Waals surface area (Å²) in [6, 6.07) is 6.44. The van der Waals surface area contributed by atoms with Gasteiger partial charge in [-0.25, -0.2) is 4.98 Å². The van der Waals surface area contributed by atoms with Crippen LogP contribution in [0.4, 0.5) is 18.9 Å². The molecule has 1 aliphatic rings. The van der Waals surface area contributed by atoms with Crippen LogP contribution in [0.3, 0.4) is 0 Å². The Bertz CT molecular complexity index is 1200. The van der Waals surface area contributed by atoms with E-state index in [0.717, 1.165) is 25.2 Å². The first kappa shape index (κ1) is 23.2. The molecular formula is C21H20BrF3N6O2. The molecule has 174 valence electrons. The number of rotatable bonds is 4. The topological polar surface area (TPSA) is 83.4 Å². The molecule has 1 saturated heterocycles. The fraction of sp³-hybridized carbons (Fsp3) is 0.333. The van der Waals surface area contributed by atoms with Crippen LogP contribution >= 0.6 is 15.9 Å². The molecule has 33 heavy (non-hydrogen) atoms. The Balaban J connectivity index is 1.50. The Kier molecular flexibility index (Phi) is 6.39. The fourth-order valence-corrected chi connectivity index (χ4v) is 3.90. The predicted octanol–water partition coefficient (Wildman–Crippen LogP) is 3.24. The third kappa shape index (κ3) is 5.33. The number of piperazine rings is 1. The van der Waals surface area contributed by atoms with Crippen molar-refractivity contribution in [3.63, 3.8) is 0 Å². The SMILES string of the molecule is CN1CCN(C(=O)Cn2cc3cc(NC(=O)c4cccc(C(F)(F)F)n4)c(Br)cc3n2)CC1. The van der Waals surface area contributed by atoms with Crippen molar-refractivity contribution in [2.45, 2.75) is 12.7 Å². The van der Waals surface area contributed by atoms with E-state index in [1.54, 1.807) is 23.2 Å². The molecule has 2 amide bonds. The largest absolute Gasteiger partial charge is 0.433 e. The van der Waals surface area contributed by atoms with Gasteiger partial charge < -0.3 is 15.1 Å². The number of anilines is 1. The molecule has 2 aromatic heterocycles. The summed E-state index contributed by atoms with van der Waals surface area (Å²) in [6.45, 7) is 3.07. The molecule has 1 aromatic carbocycles. The van der Waals surface area contributed by atoms with E-state index in [-0.39, 0.29) is 18.1 Å². The third-order valence-corrected chi connectivity index (χ3v) is 5.97. The minimum Gasteiger partial charge on any atom is -0.339 e. The Morgan fingerprint density at radius 2 is 1.88 bits per heavy atom. The Morgan fingerprint density at radius 1 is 1.15 bits per heavy atom. The number of amides is 2. The normalized spacial score (nSPS) is 15.1. The van der Waals surface area contributed by atoms with Crippen LogP contribution in [-0.2, 0) is 17.5 Å². The lowest BCUT2D eigenvalue weighted by molar-refractivity contribution is -0.141. The molecule has 3 heterocycles. The van der Waals surface area contributed by atoms with Crippen molar-refractivity contribution in [3.8, 4) is 0 Å². The number of hydrogen-bond donors (Lipinski definition) is 1. The average Bonchev–Trinajstić information content (AvgIpc) is 3.14. The van der Waals surface area contributed by atoms with Gasteiger partial charge in [-0.15, -0.1) is 0 Å². The van der Waals surface area contributed by atoms with Crippen LogP contribution in [0.25, 0.3) is 10.9 Å². The average molecular weight is 525 g/mol. The molecule has 0 bridgehead atoms. The summed E-state index contributed by atoms with van der Waals surface area (Å²) < 4.78 is 40.7. The maximum atomic E-state index is 12.9. The highest BCUT2D eigenvalue weighted by molar-refractivity contribution is 9.10. The van der Waals surface area contributed by atoms with E-state index in [4.69, 9.17) is 0 Å². The number of pyridine rings is 1. The lowest BCUT2D eigenvalue weighted by atomic mass is 10.2. The standard InChI is InChI=1S/C21H20BrF3N6O2/c1-29-5-7-30(8-6-29)19(32)12-31-11-13-9-17(14(22)10-16(13)28-31)27-20(33)15-3-2-4-18(26-15)21(23,24)25/h2-4,9-11H,5-8,12H2,1H3,(H,27,33). The summed E-state index contributed by atoms with van der Waals surface area (Å²) in [7, 11) is 2.01. The van der Waals surface area contributed by atoms with Gasteiger partial charge in [0.05, 0.1) is 11.2 Å². The second-order valence-electron chi connectivity index (χ2n) is 7.76. The van der Waals surface area contributed by atoms with Crippen LogP contribution in [0.1, 0.15) is 16.2 Å². The van der Waals surface area contributed by atoms with E-state index < -0.39 is 17.8 Å². The van der Waals surface area contributed by atoms with Crippen LogP contribution in [0.15, 0.2) is 41.0 Å². The van der Waals surface area contributed by atoms with E-state index in [0.29, 0.717) is 34.2 Å². The van der Waals surface area contributed by atoms with Crippen LogP contribution in [0.2, 0.25) is 0 Å².